The van der Waals surface area contributed by atoms with Gasteiger partial charge in [-0.3, -0.25) is 9.59 Å². The highest BCUT2D eigenvalue weighted by molar-refractivity contribution is 5.96. The molecule has 0 spiro atoms. The van der Waals surface area contributed by atoms with Gasteiger partial charge in [0.05, 0.1) is 0 Å². The predicted molar refractivity (Wildman–Crippen MR) is 98.3 cm³/mol. The lowest BCUT2D eigenvalue weighted by Crippen LogP contribution is -2.32. The Labute approximate surface area is 149 Å². The van der Waals surface area contributed by atoms with Crippen molar-refractivity contribution >= 4 is 11.8 Å². The molecule has 0 aliphatic carbocycles. The van der Waals surface area contributed by atoms with Gasteiger partial charge in [0.2, 0.25) is 0 Å². The molecule has 2 rings (SSSR count). The molecule has 25 heavy (non-hydrogen) atoms. The molecule has 0 aliphatic rings. The topological polar surface area (TPSA) is 62.3 Å². The number of hydrogen-bond donors (Lipinski definition) is 1. The number of amides is 2. The first-order chi connectivity index (χ1) is 12.0. The summed E-state index contributed by atoms with van der Waals surface area (Å²) in [6.07, 6.45) is 0. The number of nitrogens with one attached hydrogen (secondary N) is 1. The Hall–Kier alpha value is -2.69. The van der Waals surface area contributed by atoms with Crippen molar-refractivity contribution in [3.8, 4) is 0 Å². The van der Waals surface area contributed by atoms with Gasteiger partial charge in [-0.05, 0) is 30.5 Å². The first-order valence-electron chi connectivity index (χ1n) is 8.59. The molecule has 0 saturated heterocycles. The van der Waals surface area contributed by atoms with E-state index in [1.54, 1.807) is 23.1 Å². The van der Waals surface area contributed by atoms with Crippen LogP contribution in [-0.2, 0) is 6.54 Å². The summed E-state index contributed by atoms with van der Waals surface area (Å²) in [5, 5.41) is 2.82. The summed E-state index contributed by atoms with van der Waals surface area (Å²) in [5.41, 5.74) is 1.61. The summed E-state index contributed by atoms with van der Waals surface area (Å²) < 4.78 is 0. The summed E-state index contributed by atoms with van der Waals surface area (Å²) in [5.74, 6) is -0.0745. The van der Waals surface area contributed by atoms with E-state index >= 15 is 0 Å². The smallest absolute Gasteiger partial charge is 0.272 e. The van der Waals surface area contributed by atoms with Gasteiger partial charge in [0.15, 0.2) is 0 Å². The summed E-state index contributed by atoms with van der Waals surface area (Å²) in [6.45, 7) is 7.64. The summed E-state index contributed by atoms with van der Waals surface area (Å²) in [4.78, 5) is 30.9. The van der Waals surface area contributed by atoms with Crippen LogP contribution in [0.15, 0.2) is 48.5 Å². The van der Waals surface area contributed by atoms with Crippen molar-refractivity contribution in [1.82, 2.24) is 15.2 Å². The third kappa shape index (κ3) is 5.41. The molecule has 1 heterocycles. The SMILES string of the molecule is CCN(Cc1ccccc1)C(=O)c1cccc(C(=O)NCC(C)C)n1. The maximum Gasteiger partial charge on any atom is 0.272 e. The number of rotatable bonds is 7. The van der Waals surface area contributed by atoms with Gasteiger partial charge in [0.25, 0.3) is 11.8 Å². The second-order valence-corrected chi connectivity index (χ2v) is 6.32. The molecule has 0 unspecified atom stereocenters. The first-order valence-corrected chi connectivity index (χ1v) is 8.59. The monoisotopic (exact) mass is 339 g/mol. The van der Waals surface area contributed by atoms with Gasteiger partial charge >= 0.3 is 0 Å². The van der Waals surface area contributed by atoms with E-state index in [2.05, 4.69) is 10.3 Å². The van der Waals surface area contributed by atoms with E-state index in [4.69, 9.17) is 0 Å². The molecule has 1 N–H and O–H groups in total. The third-order valence-corrected chi connectivity index (χ3v) is 3.76. The zero-order valence-electron chi connectivity index (χ0n) is 15.0. The van der Waals surface area contributed by atoms with Crippen LogP contribution in [0, 0.1) is 5.92 Å². The molecule has 0 fully saturated rings. The molecular weight excluding hydrogens is 314 g/mol. The Bertz CT molecular complexity index is 714. The maximum absolute atomic E-state index is 12.8. The molecule has 0 atom stereocenters. The predicted octanol–water partition coefficient (Wildman–Crippen LogP) is 3.13. The number of carbonyl (C=O) groups excluding carboxylic acids is 2. The molecule has 5 nitrogen and oxygen atoms in total. The Morgan fingerprint density at radius 2 is 1.72 bits per heavy atom. The summed E-state index contributed by atoms with van der Waals surface area (Å²) in [7, 11) is 0. The fourth-order valence-electron chi connectivity index (χ4n) is 2.36. The molecule has 1 aromatic carbocycles. The van der Waals surface area contributed by atoms with Crippen molar-refractivity contribution in [3.63, 3.8) is 0 Å². The summed E-state index contributed by atoms with van der Waals surface area (Å²) >= 11 is 0. The molecule has 1 aromatic heterocycles. The second kappa shape index (κ2) is 8.97. The lowest BCUT2D eigenvalue weighted by molar-refractivity contribution is 0.0746. The minimum absolute atomic E-state index is 0.176. The number of nitrogens with zero attached hydrogens (tertiary/aromatic N) is 2. The third-order valence-electron chi connectivity index (χ3n) is 3.76. The molecule has 0 radical (unpaired) electrons. The second-order valence-electron chi connectivity index (χ2n) is 6.32. The Balaban J connectivity index is 2.12. The van der Waals surface area contributed by atoms with Gasteiger partial charge in [0, 0.05) is 19.6 Å². The highest BCUT2D eigenvalue weighted by Gasteiger charge is 2.18. The van der Waals surface area contributed by atoms with E-state index < -0.39 is 0 Å². The quantitative estimate of drug-likeness (QED) is 0.843. The van der Waals surface area contributed by atoms with E-state index in [1.165, 1.54) is 0 Å². The molecule has 2 amide bonds. The van der Waals surface area contributed by atoms with Crippen LogP contribution in [0.25, 0.3) is 0 Å². The highest BCUT2D eigenvalue weighted by atomic mass is 16.2. The van der Waals surface area contributed by atoms with Gasteiger partial charge in [-0.25, -0.2) is 4.98 Å². The van der Waals surface area contributed by atoms with Crippen molar-refractivity contribution in [2.45, 2.75) is 27.3 Å². The largest absolute Gasteiger partial charge is 0.350 e. The first kappa shape index (κ1) is 18.6. The van der Waals surface area contributed by atoms with Gasteiger partial charge in [-0.2, -0.15) is 0 Å². The van der Waals surface area contributed by atoms with Crippen LogP contribution in [0.5, 0.6) is 0 Å². The number of carbonyl (C=O) groups is 2. The van der Waals surface area contributed by atoms with Crippen molar-refractivity contribution in [2.75, 3.05) is 13.1 Å². The number of hydrogen-bond acceptors (Lipinski definition) is 3. The van der Waals surface area contributed by atoms with Crippen molar-refractivity contribution in [2.24, 2.45) is 5.92 Å². The molecule has 2 aromatic rings. The van der Waals surface area contributed by atoms with Crippen LogP contribution in [-0.4, -0.2) is 34.8 Å². The van der Waals surface area contributed by atoms with Crippen LogP contribution in [0.4, 0.5) is 0 Å². The summed E-state index contributed by atoms with van der Waals surface area (Å²) in [6, 6.07) is 14.8. The standard InChI is InChI=1S/C20H25N3O2/c1-4-23(14-16-9-6-5-7-10-16)20(25)18-12-8-11-17(22-18)19(24)21-13-15(2)3/h5-12,15H,4,13-14H2,1-3H3,(H,21,24). The lowest BCUT2D eigenvalue weighted by atomic mass is 10.2. The molecule has 0 bridgehead atoms. The van der Waals surface area contributed by atoms with Gasteiger partial charge in [-0.1, -0.05) is 50.2 Å². The van der Waals surface area contributed by atoms with Crippen molar-refractivity contribution in [1.29, 1.82) is 0 Å². The van der Waals surface area contributed by atoms with Crippen LogP contribution in [0.1, 0.15) is 47.3 Å². The van der Waals surface area contributed by atoms with Gasteiger partial charge in [0.1, 0.15) is 11.4 Å². The van der Waals surface area contributed by atoms with Crippen LogP contribution in [0.2, 0.25) is 0 Å². The Kier molecular flexibility index (Phi) is 6.69. The fraction of sp³-hybridized carbons (Fsp3) is 0.350. The average molecular weight is 339 g/mol. The van der Waals surface area contributed by atoms with Gasteiger partial charge < -0.3 is 10.2 Å². The van der Waals surface area contributed by atoms with E-state index in [9.17, 15) is 9.59 Å². The van der Waals surface area contributed by atoms with E-state index in [0.717, 1.165) is 5.56 Å². The molecular formula is C20H25N3O2. The lowest BCUT2D eigenvalue weighted by Gasteiger charge is -2.20. The zero-order chi connectivity index (χ0) is 18.2. The van der Waals surface area contributed by atoms with E-state index in [-0.39, 0.29) is 23.2 Å². The molecule has 0 saturated carbocycles. The average Bonchev–Trinajstić information content (AvgIpc) is 2.64. The van der Waals surface area contributed by atoms with E-state index in [0.29, 0.717) is 25.6 Å². The number of pyridine rings is 1. The van der Waals surface area contributed by atoms with E-state index in [1.807, 2.05) is 51.1 Å². The molecule has 0 aliphatic heterocycles. The van der Waals surface area contributed by atoms with Gasteiger partial charge in [-0.15, -0.1) is 0 Å². The Morgan fingerprint density at radius 3 is 2.36 bits per heavy atom. The maximum atomic E-state index is 12.8. The zero-order valence-corrected chi connectivity index (χ0v) is 15.0. The highest BCUT2D eigenvalue weighted by Crippen LogP contribution is 2.09. The molecule has 5 heteroatoms. The van der Waals surface area contributed by atoms with Crippen molar-refractivity contribution in [3.05, 3.63) is 65.5 Å². The van der Waals surface area contributed by atoms with Crippen LogP contribution >= 0.6 is 0 Å². The van der Waals surface area contributed by atoms with Crippen LogP contribution in [0.3, 0.4) is 0 Å². The van der Waals surface area contributed by atoms with Crippen LogP contribution < -0.4 is 5.32 Å². The molecule has 132 valence electrons. The minimum Gasteiger partial charge on any atom is -0.350 e. The Morgan fingerprint density at radius 1 is 1.04 bits per heavy atom. The fourth-order valence-corrected chi connectivity index (χ4v) is 2.36. The normalized spacial score (nSPS) is 10.6. The number of benzene rings is 1. The minimum atomic E-state index is -0.255. The van der Waals surface area contributed by atoms with Crippen molar-refractivity contribution < 1.29 is 9.59 Å². The number of aromatic nitrogens is 1.